The molecule has 7 nitrogen and oxygen atoms in total. The number of hydrogen-bond donors (Lipinski definition) is 1. The third-order valence-corrected chi connectivity index (χ3v) is 6.91. The van der Waals surface area contributed by atoms with Crippen LogP contribution in [0.1, 0.15) is 55.5 Å². The van der Waals surface area contributed by atoms with Crippen molar-refractivity contribution in [2.45, 2.75) is 52.1 Å². The van der Waals surface area contributed by atoms with E-state index >= 15 is 0 Å². The Morgan fingerprint density at radius 3 is 2.57 bits per heavy atom. The molecule has 0 spiro atoms. The van der Waals surface area contributed by atoms with Crippen LogP contribution in [0.3, 0.4) is 0 Å². The maximum absolute atomic E-state index is 13.5. The fourth-order valence-corrected chi connectivity index (χ4v) is 4.82. The molecule has 0 saturated heterocycles. The summed E-state index contributed by atoms with van der Waals surface area (Å²) in [6.45, 7) is 5.15. The molecule has 0 saturated carbocycles. The van der Waals surface area contributed by atoms with E-state index < -0.39 is 6.04 Å². The van der Waals surface area contributed by atoms with Gasteiger partial charge in [0.1, 0.15) is 11.8 Å². The van der Waals surface area contributed by atoms with Gasteiger partial charge in [0.05, 0.1) is 12.8 Å². The van der Waals surface area contributed by atoms with Gasteiger partial charge in [-0.2, -0.15) is 0 Å². The fraction of sp³-hybridized carbons (Fsp3) is 0.367. The predicted octanol–water partition coefficient (Wildman–Crippen LogP) is 4.92. The SMILES string of the molecule is CCCCNC(=O)[C@@H](C)N(Cc1cccc(OC)c1)C(=O)CCCN1C(=O)c2cccc3cccc1c23. The van der Waals surface area contributed by atoms with Crippen LogP contribution in [0.4, 0.5) is 5.69 Å². The van der Waals surface area contributed by atoms with Crippen LogP contribution in [0.2, 0.25) is 0 Å². The van der Waals surface area contributed by atoms with Crippen molar-refractivity contribution in [3.63, 3.8) is 0 Å². The summed E-state index contributed by atoms with van der Waals surface area (Å²) in [5.41, 5.74) is 2.48. The van der Waals surface area contributed by atoms with Crippen molar-refractivity contribution in [2.75, 3.05) is 25.1 Å². The quantitative estimate of drug-likeness (QED) is 0.357. The molecule has 0 aromatic heterocycles. The van der Waals surface area contributed by atoms with Crippen molar-refractivity contribution in [1.29, 1.82) is 0 Å². The topological polar surface area (TPSA) is 79.0 Å². The zero-order chi connectivity index (χ0) is 26.4. The molecule has 0 bridgehead atoms. The van der Waals surface area contributed by atoms with Crippen molar-refractivity contribution in [2.24, 2.45) is 0 Å². The summed E-state index contributed by atoms with van der Waals surface area (Å²) in [7, 11) is 1.60. The Labute approximate surface area is 218 Å². The number of hydrogen-bond acceptors (Lipinski definition) is 4. The van der Waals surface area contributed by atoms with Gasteiger partial charge in [-0.05, 0) is 55.0 Å². The molecule has 3 amide bonds. The summed E-state index contributed by atoms with van der Waals surface area (Å²) in [5.74, 6) is 0.382. The molecule has 0 fully saturated rings. The van der Waals surface area contributed by atoms with Gasteiger partial charge in [0.2, 0.25) is 11.8 Å². The Balaban J connectivity index is 1.45. The predicted molar refractivity (Wildman–Crippen MR) is 146 cm³/mol. The van der Waals surface area contributed by atoms with E-state index in [9.17, 15) is 14.4 Å². The number of nitrogens with one attached hydrogen (secondary N) is 1. The number of carbonyl (C=O) groups is 3. The smallest absolute Gasteiger partial charge is 0.258 e. The molecule has 3 aromatic rings. The Morgan fingerprint density at radius 1 is 1.05 bits per heavy atom. The number of anilines is 1. The highest BCUT2D eigenvalue weighted by molar-refractivity contribution is 6.25. The molecular weight excluding hydrogens is 466 g/mol. The highest BCUT2D eigenvalue weighted by Crippen LogP contribution is 2.37. The molecule has 3 aromatic carbocycles. The number of rotatable bonds is 12. The normalized spacial score (nSPS) is 13.1. The monoisotopic (exact) mass is 501 g/mol. The van der Waals surface area contributed by atoms with Gasteiger partial charge >= 0.3 is 0 Å². The Morgan fingerprint density at radius 2 is 1.81 bits per heavy atom. The van der Waals surface area contributed by atoms with Crippen molar-refractivity contribution in [1.82, 2.24) is 10.2 Å². The number of ether oxygens (including phenoxy) is 1. The fourth-order valence-electron chi connectivity index (χ4n) is 4.82. The minimum Gasteiger partial charge on any atom is -0.497 e. The van der Waals surface area contributed by atoms with E-state index in [1.165, 1.54) is 0 Å². The van der Waals surface area contributed by atoms with E-state index in [2.05, 4.69) is 12.2 Å². The van der Waals surface area contributed by atoms with Crippen molar-refractivity contribution in [3.05, 3.63) is 71.8 Å². The first-order valence-corrected chi connectivity index (χ1v) is 13.0. The molecule has 0 aliphatic carbocycles. The first-order chi connectivity index (χ1) is 17.9. The van der Waals surface area contributed by atoms with Crippen molar-refractivity contribution >= 4 is 34.2 Å². The average Bonchev–Trinajstić information content (AvgIpc) is 3.19. The number of unbranched alkanes of at least 4 members (excludes halogenated alkanes) is 1. The molecular formula is C30H35N3O4. The van der Waals surface area contributed by atoms with Gasteiger partial charge < -0.3 is 19.9 Å². The summed E-state index contributed by atoms with van der Waals surface area (Å²) in [6, 6.07) is 18.6. The lowest BCUT2D eigenvalue weighted by molar-refractivity contribution is -0.140. The van der Waals surface area contributed by atoms with E-state index in [4.69, 9.17) is 4.74 Å². The van der Waals surface area contributed by atoms with Crippen LogP contribution in [0, 0.1) is 0 Å². The number of methoxy groups -OCH3 is 1. The lowest BCUT2D eigenvalue weighted by atomic mass is 10.1. The number of benzene rings is 3. The average molecular weight is 502 g/mol. The summed E-state index contributed by atoms with van der Waals surface area (Å²) >= 11 is 0. The Hall–Kier alpha value is -3.87. The highest BCUT2D eigenvalue weighted by atomic mass is 16.5. The lowest BCUT2D eigenvalue weighted by Gasteiger charge is -2.29. The molecule has 1 heterocycles. The van der Waals surface area contributed by atoms with E-state index in [0.717, 1.165) is 34.9 Å². The summed E-state index contributed by atoms with van der Waals surface area (Å²) in [5, 5.41) is 4.95. The second-order valence-electron chi connectivity index (χ2n) is 9.43. The molecule has 7 heteroatoms. The minimum atomic E-state index is -0.623. The third kappa shape index (κ3) is 5.77. The highest BCUT2D eigenvalue weighted by Gasteiger charge is 2.30. The zero-order valence-corrected chi connectivity index (χ0v) is 21.8. The first-order valence-electron chi connectivity index (χ1n) is 13.0. The maximum atomic E-state index is 13.5. The largest absolute Gasteiger partial charge is 0.497 e. The van der Waals surface area contributed by atoms with E-state index in [1.54, 1.807) is 23.8 Å². The second-order valence-corrected chi connectivity index (χ2v) is 9.43. The van der Waals surface area contributed by atoms with E-state index in [1.807, 2.05) is 60.7 Å². The van der Waals surface area contributed by atoms with Crippen LogP contribution in [-0.2, 0) is 16.1 Å². The van der Waals surface area contributed by atoms with Gasteiger partial charge in [-0.3, -0.25) is 14.4 Å². The van der Waals surface area contributed by atoms with Crippen LogP contribution >= 0.6 is 0 Å². The van der Waals surface area contributed by atoms with Gasteiger partial charge in [-0.1, -0.05) is 49.7 Å². The molecule has 1 aliphatic rings. The Bertz CT molecular complexity index is 1280. The van der Waals surface area contributed by atoms with Gasteiger partial charge in [0.15, 0.2) is 0 Å². The van der Waals surface area contributed by atoms with Gasteiger partial charge in [0, 0.05) is 37.0 Å². The molecule has 1 aliphatic heterocycles. The van der Waals surface area contributed by atoms with Gasteiger partial charge in [-0.15, -0.1) is 0 Å². The molecule has 1 atom stereocenters. The van der Waals surface area contributed by atoms with Crippen molar-refractivity contribution in [3.8, 4) is 5.75 Å². The van der Waals surface area contributed by atoms with Gasteiger partial charge in [-0.25, -0.2) is 0 Å². The van der Waals surface area contributed by atoms with Crippen molar-refractivity contribution < 1.29 is 19.1 Å². The first kappa shape index (κ1) is 26.2. The summed E-state index contributed by atoms with van der Waals surface area (Å²) < 4.78 is 5.33. The van der Waals surface area contributed by atoms with Crippen LogP contribution in [0.15, 0.2) is 60.7 Å². The lowest BCUT2D eigenvalue weighted by Crippen LogP contribution is -2.47. The third-order valence-electron chi connectivity index (χ3n) is 6.91. The van der Waals surface area contributed by atoms with Crippen LogP contribution in [0.25, 0.3) is 10.8 Å². The maximum Gasteiger partial charge on any atom is 0.258 e. The van der Waals surface area contributed by atoms with Crippen LogP contribution < -0.4 is 15.0 Å². The van der Waals surface area contributed by atoms with E-state index in [-0.39, 0.29) is 24.1 Å². The van der Waals surface area contributed by atoms with E-state index in [0.29, 0.717) is 37.4 Å². The summed E-state index contributed by atoms with van der Waals surface area (Å²) in [4.78, 5) is 42.8. The van der Waals surface area contributed by atoms with Crippen LogP contribution in [-0.4, -0.2) is 48.9 Å². The molecule has 194 valence electrons. The molecule has 4 rings (SSSR count). The zero-order valence-electron chi connectivity index (χ0n) is 21.8. The number of nitrogens with zero attached hydrogens (tertiary/aromatic N) is 2. The summed E-state index contributed by atoms with van der Waals surface area (Å²) in [6.07, 6.45) is 2.59. The number of carbonyl (C=O) groups excluding carboxylic acids is 3. The number of amides is 3. The second kappa shape index (κ2) is 11.9. The minimum absolute atomic E-state index is 0.0313. The Kier molecular flexibility index (Phi) is 8.43. The van der Waals surface area contributed by atoms with Gasteiger partial charge in [0.25, 0.3) is 5.91 Å². The molecule has 0 radical (unpaired) electrons. The van der Waals surface area contributed by atoms with Crippen LogP contribution in [0.5, 0.6) is 5.75 Å². The standard InChI is InChI=1S/C30H35N3O4/c1-4-5-17-31-29(35)21(2)33(20-22-10-6-13-24(19-22)37-3)27(34)16-9-18-32-26-15-8-12-23-11-7-14-25(28(23)26)30(32)36/h6-8,10-15,19,21H,4-5,9,16-18,20H2,1-3H3,(H,31,35)/t21-/m1/s1. The molecule has 0 unspecified atom stereocenters. The molecule has 37 heavy (non-hydrogen) atoms. The molecule has 1 N–H and O–H groups in total.